The summed E-state index contributed by atoms with van der Waals surface area (Å²) in [4.78, 5) is 37.3. The van der Waals surface area contributed by atoms with Crippen LogP contribution >= 0.6 is 0 Å². The molecule has 0 aliphatic carbocycles. The number of hydrogen-bond donors (Lipinski definition) is 0. The van der Waals surface area contributed by atoms with Gasteiger partial charge in [-0.3, -0.25) is 14.4 Å². The predicted octanol–water partition coefficient (Wildman–Crippen LogP) is 13.2. The molecule has 0 aromatic heterocycles. The summed E-state index contributed by atoms with van der Waals surface area (Å²) in [5.41, 5.74) is 0. The lowest BCUT2D eigenvalue weighted by atomic mass is 10.1. The summed E-state index contributed by atoms with van der Waals surface area (Å²) in [5.74, 6) is -0.923. The molecule has 0 rings (SSSR count). The van der Waals surface area contributed by atoms with Crippen LogP contribution in [0.25, 0.3) is 0 Å². The zero-order valence-electron chi connectivity index (χ0n) is 33.4. The monoisotopic (exact) mass is 715 g/mol. The van der Waals surface area contributed by atoms with E-state index in [9.17, 15) is 14.4 Å². The van der Waals surface area contributed by atoms with Crippen molar-refractivity contribution in [3.63, 3.8) is 0 Å². The van der Waals surface area contributed by atoms with E-state index in [0.29, 0.717) is 19.3 Å². The standard InChI is InChI=1S/C45H78O6/c1-4-7-10-13-15-17-19-20-21-22-23-24-26-27-29-32-35-38-44(47)50-41-42(40-49-43(46)37-34-31-12-9-6-3)51-45(48)39-36-33-30-28-25-18-16-14-11-8-5-2/h7,10,15,17,20-21,23-24,42H,4-6,8-9,11-14,16,18-19,22,25-41H2,1-3H3/b10-7-,17-15-,21-20-,24-23-. The van der Waals surface area contributed by atoms with Crippen molar-refractivity contribution < 1.29 is 28.6 Å². The average Bonchev–Trinajstić information content (AvgIpc) is 3.12. The van der Waals surface area contributed by atoms with Crippen LogP contribution in [-0.4, -0.2) is 37.2 Å². The molecule has 0 fully saturated rings. The molecule has 0 N–H and O–H groups in total. The Labute approximate surface area is 314 Å². The van der Waals surface area contributed by atoms with Crippen molar-refractivity contribution in [2.24, 2.45) is 0 Å². The first-order valence-electron chi connectivity index (χ1n) is 21.1. The molecule has 1 atom stereocenters. The Morgan fingerprint density at radius 1 is 0.412 bits per heavy atom. The van der Waals surface area contributed by atoms with Gasteiger partial charge in [0, 0.05) is 19.3 Å². The van der Waals surface area contributed by atoms with Crippen molar-refractivity contribution in [2.45, 2.75) is 207 Å². The van der Waals surface area contributed by atoms with Crippen molar-refractivity contribution in [2.75, 3.05) is 13.2 Å². The highest BCUT2D eigenvalue weighted by Gasteiger charge is 2.19. The first-order chi connectivity index (χ1) is 25.0. The third-order valence-corrected chi connectivity index (χ3v) is 8.85. The Morgan fingerprint density at radius 2 is 0.765 bits per heavy atom. The van der Waals surface area contributed by atoms with Crippen LogP contribution < -0.4 is 0 Å². The van der Waals surface area contributed by atoms with E-state index >= 15 is 0 Å². The molecule has 0 aromatic carbocycles. The van der Waals surface area contributed by atoms with Crippen LogP contribution in [0.1, 0.15) is 201 Å². The van der Waals surface area contributed by atoms with E-state index in [2.05, 4.69) is 69.4 Å². The van der Waals surface area contributed by atoms with Crippen molar-refractivity contribution >= 4 is 17.9 Å². The zero-order valence-corrected chi connectivity index (χ0v) is 33.4. The van der Waals surface area contributed by atoms with Crippen LogP contribution in [0.5, 0.6) is 0 Å². The molecule has 6 nitrogen and oxygen atoms in total. The molecule has 0 spiro atoms. The number of hydrogen-bond acceptors (Lipinski definition) is 6. The van der Waals surface area contributed by atoms with Crippen LogP contribution in [0.2, 0.25) is 0 Å². The molecule has 6 heteroatoms. The van der Waals surface area contributed by atoms with Gasteiger partial charge in [-0.1, -0.05) is 172 Å². The van der Waals surface area contributed by atoms with E-state index in [1.165, 1.54) is 57.8 Å². The predicted molar refractivity (Wildman–Crippen MR) is 215 cm³/mol. The summed E-state index contributed by atoms with van der Waals surface area (Å²) >= 11 is 0. The SMILES string of the molecule is CC/C=C\C/C=C\C/C=C\C/C=C\CCCCCCC(=O)OCC(COC(=O)CCCCCCC)OC(=O)CCCCCCCCCCCCC. The summed E-state index contributed by atoms with van der Waals surface area (Å²) in [6.07, 6.45) is 45.5. The van der Waals surface area contributed by atoms with Gasteiger partial charge < -0.3 is 14.2 Å². The molecule has 0 aliphatic heterocycles. The topological polar surface area (TPSA) is 78.9 Å². The Balaban J connectivity index is 4.28. The first kappa shape index (κ1) is 48.4. The van der Waals surface area contributed by atoms with E-state index in [1.54, 1.807) is 0 Å². The fourth-order valence-corrected chi connectivity index (χ4v) is 5.67. The van der Waals surface area contributed by atoms with Crippen molar-refractivity contribution in [1.82, 2.24) is 0 Å². The van der Waals surface area contributed by atoms with Gasteiger partial charge in [0.25, 0.3) is 0 Å². The van der Waals surface area contributed by atoms with Crippen molar-refractivity contribution in [3.05, 3.63) is 48.6 Å². The summed E-state index contributed by atoms with van der Waals surface area (Å²) in [6, 6.07) is 0. The number of carbonyl (C=O) groups is 3. The molecular formula is C45H78O6. The third kappa shape index (κ3) is 38.4. The minimum atomic E-state index is -0.774. The number of allylic oxidation sites excluding steroid dienone is 8. The Hall–Kier alpha value is -2.63. The maximum absolute atomic E-state index is 12.6. The number of rotatable bonds is 37. The quantitative estimate of drug-likeness (QED) is 0.0276. The summed E-state index contributed by atoms with van der Waals surface area (Å²) in [7, 11) is 0. The van der Waals surface area contributed by atoms with Crippen molar-refractivity contribution in [3.8, 4) is 0 Å². The average molecular weight is 715 g/mol. The minimum Gasteiger partial charge on any atom is -0.462 e. The second-order valence-corrected chi connectivity index (χ2v) is 13.9. The molecule has 0 aromatic rings. The van der Waals surface area contributed by atoms with Crippen LogP contribution in [0.3, 0.4) is 0 Å². The lowest BCUT2D eigenvalue weighted by Gasteiger charge is -2.18. The second kappa shape index (κ2) is 40.1. The minimum absolute atomic E-state index is 0.0810. The van der Waals surface area contributed by atoms with E-state index < -0.39 is 6.10 Å². The van der Waals surface area contributed by atoms with Gasteiger partial charge in [0.1, 0.15) is 13.2 Å². The number of ether oxygens (including phenoxy) is 3. The maximum atomic E-state index is 12.6. The molecule has 51 heavy (non-hydrogen) atoms. The van der Waals surface area contributed by atoms with E-state index in [1.807, 2.05) is 0 Å². The van der Waals surface area contributed by atoms with E-state index in [4.69, 9.17) is 14.2 Å². The highest BCUT2D eigenvalue weighted by molar-refractivity contribution is 5.71. The molecule has 1 unspecified atom stereocenters. The van der Waals surface area contributed by atoms with Crippen LogP contribution in [0.15, 0.2) is 48.6 Å². The lowest BCUT2D eigenvalue weighted by molar-refractivity contribution is -0.167. The van der Waals surface area contributed by atoms with Gasteiger partial charge in [-0.05, 0) is 57.8 Å². The first-order valence-corrected chi connectivity index (χ1v) is 21.1. The Bertz CT molecular complexity index is 918. The summed E-state index contributed by atoms with van der Waals surface area (Å²) < 4.78 is 16.5. The van der Waals surface area contributed by atoms with Gasteiger partial charge in [0.05, 0.1) is 0 Å². The van der Waals surface area contributed by atoms with Gasteiger partial charge in [-0.15, -0.1) is 0 Å². The van der Waals surface area contributed by atoms with E-state index in [0.717, 1.165) is 103 Å². The van der Waals surface area contributed by atoms with E-state index in [-0.39, 0.29) is 31.1 Å². The molecule has 0 saturated heterocycles. The highest BCUT2D eigenvalue weighted by Crippen LogP contribution is 2.13. The largest absolute Gasteiger partial charge is 0.462 e. The van der Waals surface area contributed by atoms with Crippen LogP contribution in [-0.2, 0) is 28.6 Å². The van der Waals surface area contributed by atoms with Crippen LogP contribution in [0.4, 0.5) is 0 Å². The summed E-state index contributed by atoms with van der Waals surface area (Å²) in [6.45, 7) is 6.39. The lowest BCUT2D eigenvalue weighted by Crippen LogP contribution is -2.30. The van der Waals surface area contributed by atoms with Gasteiger partial charge >= 0.3 is 17.9 Å². The Morgan fingerprint density at radius 3 is 1.20 bits per heavy atom. The third-order valence-electron chi connectivity index (χ3n) is 8.85. The van der Waals surface area contributed by atoms with Gasteiger partial charge in [0.2, 0.25) is 0 Å². The molecule has 294 valence electrons. The van der Waals surface area contributed by atoms with Gasteiger partial charge in [0.15, 0.2) is 6.10 Å². The normalized spacial score (nSPS) is 12.5. The highest BCUT2D eigenvalue weighted by atomic mass is 16.6. The summed E-state index contributed by atoms with van der Waals surface area (Å²) in [5, 5.41) is 0. The second-order valence-electron chi connectivity index (χ2n) is 13.9. The smallest absolute Gasteiger partial charge is 0.306 e. The van der Waals surface area contributed by atoms with Crippen LogP contribution in [0, 0.1) is 0 Å². The fraction of sp³-hybridized carbons (Fsp3) is 0.756. The maximum Gasteiger partial charge on any atom is 0.306 e. The number of esters is 3. The fourth-order valence-electron chi connectivity index (χ4n) is 5.67. The molecule has 0 amide bonds. The molecule has 0 aliphatic rings. The van der Waals surface area contributed by atoms with Gasteiger partial charge in [-0.25, -0.2) is 0 Å². The molecule has 0 saturated carbocycles. The zero-order chi connectivity index (χ0) is 37.3. The number of unbranched alkanes of at least 4 members (excludes halogenated alkanes) is 18. The molecule has 0 heterocycles. The molecule has 0 bridgehead atoms. The Kier molecular flexibility index (Phi) is 38.1. The molecular weight excluding hydrogens is 636 g/mol. The number of carbonyl (C=O) groups excluding carboxylic acids is 3. The molecule has 0 radical (unpaired) electrons. The van der Waals surface area contributed by atoms with Gasteiger partial charge in [-0.2, -0.15) is 0 Å². The van der Waals surface area contributed by atoms with Crippen molar-refractivity contribution in [1.29, 1.82) is 0 Å².